The SMILES string of the molecule is CCCCCCOC(=O)C(CCSC)NC(=O)OCC. The van der Waals surface area contributed by atoms with Crippen molar-refractivity contribution in [3.05, 3.63) is 0 Å². The number of carbonyl (C=O) groups is 2. The van der Waals surface area contributed by atoms with Crippen LogP contribution in [-0.2, 0) is 14.3 Å². The van der Waals surface area contributed by atoms with Crippen LogP contribution in [0.5, 0.6) is 0 Å². The number of rotatable bonds is 11. The van der Waals surface area contributed by atoms with Gasteiger partial charge in [-0.1, -0.05) is 26.2 Å². The molecule has 0 aromatic heterocycles. The molecule has 0 aliphatic heterocycles. The Bertz CT molecular complexity index is 274. The second-order valence-electron chi connectivity index (χ2n) is 4.43. The first-order valence-corrected chi connectivity index (χ1v) is 8.63. The second-order valence-corrected chi connectivity index (χ2v) is 5.41. The smallest absolute Gasteiger partial charge is 0.407 e. The number of hydrogen-bond donors (Lipinski definition) is 1. The van der Waals surface area contributed by atoms with Gasteiger partial charge in [-0.05, 0) is 31.8 Å². The number of unbranched alkanes of at least 4 members (excludes halogenated alkanes) is 3. The van der Waals surface area contributed by atoms with Gasteiger partial charge in [0.15, 0.2) is 0 Å². The van der Waals surface area contributed by atoms with Gasteiger partial charge in [0.05, 0.1) is 13.2 Å². The van der Waals surface area contributed by atoms with Crippen molar-refractivity contribution in [2.45, 2.75) is 52.0 Å². The van der Waals surface area contributed by atoms with Crippen molar-refractivity contribution in [2.24, 2.45) is 0 Å². The maximum Gasteiger partial charge on any atom is 0.407 e. The molecule has 0 fully saturated rings. The third-order valence-corrected chi connectivity index (χ3v) is 3.35. The minimum Gasteiger partial charge on any atom is -0.464 e. The fourth-order valence-electron chi connectivity index (χ4n) is 1.60. The zero-order chi connectivity index (χ0) is 15.2. The van der Waals surface area contributed by atoms with Crippen LogP contribution in [0.15, 0.2) is 0 Å². The summed E-state index contributed by atoms with van der Waals surface area (Å²) in [6.07, 6.45) is 6.16. The van der Waals surface area contributed by atoms with E-state index in [-0.39, 0.29) is 12.6 Å². The number of thioether (sulfide) groups is 1. The molecule has 0 rings (SSSR count). The van der Waals surface area contributed by atoms with E-state index >= 15 is 0 Å². The van der Waals surface area contributed by atoms with Gasteiger partial charge in [-0.25, -0.2) is 9.59 Å². The first-order chi connectivity index (χ1) is 9.65. The average Bonchev–Trinajstić information content (AvgIpc) is 2.43. The van der Waals surface area contributed by atoms with Crippen LogP contribution < -0.4 is 5.32 Å². The van der Waals surface area contributed by atoms with Gasteiger partial charge in [0.2, 0.25) is 0 Å². The van der Waals surface area contributed by atoms with Crippen molar-refractivity contribution in [1.29, 1.82) is 0 Å². The van der Waals surface area contributed by atoms with E-state index in [2.05, 4.69) is 12.2 Å². The second kappa shape index (κ2) is 13.1. The van der Waals surface area contributed by atoms with Crippen LogP contribution in [0.3, 0.4) is 0 Å². The van der Waals surface area contributed by atoms with Gasteiger partial charge in [0, 0.05) is 0 Å². The van der Waals surface area contributed by atoms with Crippen LogP contribution in [0.1, 0.15) is 46.0 Å². The summed E-state index contributed by atoms with van der Waals surface area (Å²) in [5.74, 6) is 0.408. The van der Waals surface area contributed by atoms with E-state index < -0.39 is 12.1 Å². The zero-order valence-corrected chi connectivity index (χ0v) is 13.6. The van der Waals surface area contributed by atoms with E-state index in [1.165, 1.54) is 0 Å². The highest BCUT2D eigenvalue weighted by molar-refractivity contribution is 7.98. The minimum atomic E-state index is -0.618. The lowest BCUT2D eigenvalue weighted by Gasteiger charge is -2.17. The van der Waals surface area contributed by atoms with Crippen molar-refractivity contribution in [3.63, 3.8) is 0 Å². The van der Waals surface area contributed by atoms with E-state index in [1.807, 2.05) is 6.26 Å². The summed E-state index contributed by atoms with van der Waals surface area (Å²) in [5, 5.41) is 2.56. The predicted molar refractivity (Wildman–Crippen MR) is 82.0 cm³/mol. The molecule has 1 amide bonds. The van der Waals surface area contributed by atoms with Crippen LogP contribution in [0, 0.1) is 0 Å². The Kier molecular flexibility index (Phi) is 12.5. The number of carbonyl (C=O) groups excluding carboxylic acids is 2. The fourth-order valence-corrected chi connectivity index (χ4v) is 2.07. The molecule has 0 saturated carbocycles. The van der Waals surface area contributed by atoms with E-state index in [9.17, 15) is 9.59 Å². The third kappa shape index (κ3) is 9.95. The molecule has 0 radical (unpaired) electrons. The van der Waals surface area contributed by atoms with Crippen molar-refractivity contribution in [2.75, 3.05) is 25.2 Å². The first kappa shape index (κ1) is 19.1. The van der Waals surface area contributed by atoms with Gasteiger partial charge in [0.1, 0.15) is 6.04 Å². The van der Waals surface area contributed by atoms with Gasteiger partial charge in [0.25, 0.3) is 0 Å². The number of hydrogen-bond acceptors (Lipinski definition) is 5. The van der Waals surface area contributed by atoms with E-state index in [4.69, 9.17) is 9.47 Å². The van der Waals surface area contributed by atoms with Crippen LogP contribution in [-0.4, -0.2) is 43.3 Å². The summed E-state index contributed by atoms with van der Waals surface area (Å²) in [6, 6.07) is -0.618. The van der Waals surface area contributed by atoms with Crippen molar-refractivity contribution >= 4 is 23.8 Å². The number of nitrogens with one attached hydrogen (secondary N) is 1. The van der Waals surface area contributed by atoms with E-state index in [1.54, 1.807) is 18.7 Å². The number of amides is 1. The highest BCUT2D eigenvalue weighted by atomic mass is 32.2. The predicted octanol–water partition coefficient (Wildman–Crippen LogP) is 2.98. The normalized spacial score (nSPS) is 11.8. The molecule has 6 heteroatoms. The van der Waals surface area contributed by atoms with Gasteiger partial charge >= 0.3 is 12.1 Å². The lowest BCUT2D eigenvalue weighted by atomic mass is 10.2. The fraction of sp³-hybridized carbons (Fsp3) is 0.857. The van der Waals surface area contributed by atoms with E-state index in [0.717, 1.165) is 31.4 Å². The van der Waals surface area contributed by atoms with Crippen molar-refractivity contribution < 1.29 is 19.1 Å². The standard InChI is InChI=1S/C14H27NO4S/c1-4-6-7-8-10-19-13(16)12(9-11-20-3)15-14(17)18-5-2/h12H,4-11H2,1-3H3,(H,15,17). The lowest BCUT2D eigenvalue weighted by molar-refractivity contribution is -0.146. The first-order valence-electron chi connectivity index (χ1n) is 7.24. The van der Waals surface area contributed by atoms with Gasteiger partial charge in [-0.2, -0.15) is 11.8 Å². The summed E-state index contributed by atoms with van der Waals surface area (Å²) >= 11 is 1.62. The van der Waals surface area contributed by atoms with Crippen molar-refractivity contribution in [1.82, 2.24) is 5.32 Å². The zero-order valence-electron chi connectivity index (χ0n) is 12.8. The molecule has 0 heterocycles. The quantitative estimate of drug-likeness (QED) is 0.469. The van der Waals surface area contributed by atoms with Gasteiger partial charge in [-0.3, -0.25) is 0 Å². The topological polar surface area (TPSA) is 64.6 Å². The van der Waals surface area contributed by atoms with Crippen LogP contribution in [0.4, 0.5) is 4.79 Å². The van der Waals surface area contributed by atoms with Crippen LogP contribution in [0.2, 0.25) is 0 Å². The monoisotopic (exact) mass is 305 g/mol. The molecule has 1 N–H and O–H groups in total. The Labute approximate surface area is 126 Å². The molecule has 20 heavy (non-hydrogen) atoms. The number of alkyl carbamates (subject to hydrolysis) is 1. The average molecular weight is 305 g/mol. The number of ether oxygens (including phenoxy) is 2. The maximum absolute atomic E-state index is 11.9. The molecule has 0 aliphatic carbocycles. The Balaban J connectivity index is 4.09. The van der Waals surface area contributed by atoms with Crippen LogP contribution in [0.25, 0.3) is 0 Å². The summed E-state index contributed by atoms with van der Waals surface area (Å²) in [7, 11) is 0. The molecule has 1 unspecified atom stereocenters. The third-order valence-electron chi connectivity index (χ3n) is 2.70. The van der Waals surface area contributed by atoms with Gasteiger partial charge < -0.3 is 14.8 Å². The molecule has 0 aromatic rings. The Morgan fingerprint density at radius 3 is 2.50 bits per heavy atom. The highest BCUT2D eigenvalue weighted by Gasteiger charge is 2.22. The molecular weight excluding hydrogens is 278 g/mol. The molecular formula is C14H27NO4S. The highest BCUT2D eigenvalue weighted by Crippen LogP contribution is 2.05. The molecule has 0 aromatic carbocycles. The molecule has 0 aliphatic rings. The largest absolute Gasteiger partial charge is 0.464 e. The molecule has 0 bridgehead atoms. The molecule has 0 saturated heterocycles. The van der Waals surface area contributed by atoms with E-state index in [0.29, 0.717) is 13.0 Å². The Morgan fingerprint density at radius 1 is 1.15 bits per heavy atom. The molecule has 1 atom stereocenters. The minimum absolute atomic E-state index is 0.285. The molecule has 0 spiro atoms. The Morgan fingerprint density at radius 2 is 1.90 bits per heavy atom. The van der Waals surface area contributed by atoms with Crippen molar-refractivity contribution in [3.8, 4) is 0 Å². The van der Waals surface area contributed by atoms with Gasteiger partial charge in [-0.15, -0.1) is 0 Å². The summed E-state index contributed by atoms with van der Waals surface area (Å²) in [6.45, 7) is 4.56. The molecule has 118 valence electrons. The number of esters is 1. The lowest BCUT2D eigenvalue weighted by Crippen LogP contribution is -2.42. The summed E-state index contributed by atoms with van der Waals surface area (Å²) in [4.78, 5) is 23.3. The molecule has 5 nitrogen and oxygen atoms in total. The Hall–Kier alpha value is -0.910. The summed E-state index contributed by atoms with van der Waals surface area (Å²) < 4.78 is 10.0. The summed E-state index contributed by atoms with van der Waals surface area (Å²) in [5.41, 5.74) is 0. The van der Waals surface area contributed by atoms with Crippen LogP contribution >= 0.6 is 11.8 Å². The maximum atomic E-state index is 11.9.